The van der Waals surface area contributed by atoms with Crippen LogP contribution in [0.3, 0.4) is 0 Å². The number of sulfonamides is 1. The van der Waals surface area contributed by atoms with Gasteiger partial charge in [-0.3, -0.25) is 9.69 Å². The van der Waals surface area contributed by atoms with Crippen molar-refractivity contribution in [1.82, 2.24) is 14.4 Å². The first kappa shape index (κ1) is 18.6. The molecule has 3 rings (SSSR count). The van der Waals surface area contributed by atoms with E-state index < -0.39 is 10.0 Å². The largest absolute Gasteiger partial charge is 0.363 e. The second-order valence-corrected chi connectivity index (χ2v) is 8.30. The van der Waals surface area contributed by atoms with E-state index >= 15 is 0 Å². The van der Waals surface area contributed by atoms with Crippen LogP contribution in [0.1, 0.15) is 11.1 Å². The van der Waals surface area contributed by atoms with Crippen LogP contribution >= 0.6 is 0 Å². The van der Waals surface area contributed by atoms with Gasteiger partial charge in [-0.05, 0) is 37.1 Å². The number of benzene rings is 1. The second-order valence-electron chi connectivity index (χ2n) is 6.36. The summed E-state index contributed by atoms with van der Waals surface area (Å²) in [7, 11) is -3.51. The molecule has 0 saturated carbocycles. The van der Waals surface area contributed by atoms with Crippen LogP contribution < -0.4 is 5.32 Å². The van der Waals surface area contributed by atoms with Gasteiger partial charge in [-0.25, -0.2) is 8.42 Å². The normalized spacial score (nSPS) is 16.5. The number of nitrogens with one attached hydrogen (secondary N) is 1. The van der Waals surface area contributed by atoms with Crippen LogP contribution in [0.15, 0.2) is 39.9 Å². The second kappa shape index (κ2) is 7.56. The summed E-state index contributed by atoms with van der Waals surface area (Å²) in [6, 6.07) is 6.75. The minimum absolute atomic E-state index is 0.185. The van der Waals surface area contributed by atoms with Gasteiger partial charge in [0.25, 0.3) is 0 Å². The quantitative estimate of drug-likeness (QED) is 0.841. The van der Waals surface area contributed by atoms with Crippen molar-refractivity contribution in [3.05, 3.63) is 41.7 Å². The highest BCUT2D eigenvalue weighted by Crippen LogP contribution is 2.20. The van der Waals surface area contributed by atoms with Gasteiger partial charge in [0.05, 0.1) is 11.4 Å². The Bertz CT molecular complexity index is 872. The van der Waals surface area contributed by atoms with Crippen LogP contribution in [-0.2, 0) is 14.8 Å². The molecule has 1 amide bonds. The number of hydrogen-bond donors (Lipinski definition) is 1. The molecule has 9 heteroatoms. The highest BCUT2D eigenvalue weighted by molar-refractivity contribution is 7.89. The molecule has 1 aromatic carbocycles. The van der Waals surface area contributed by atoms with E-state index in [1.54, 1.807) is 18.2 Å². The molecule has 26 heavy (non-hydrogen) atoms. The zero-order valence-electron chi connectivity index (χ0n) is 14.8. The maximum absolute atomic E-state index is 12.8. The molecule has 2 heterocycles. The molecule has 0 atom stereocenters. The lowest BCUT2D eigenvalue weighted by atomic mass is 10.1. The van der Waals surface area contributed by atoms with Gasteiger partial charge in [0.1, 0.15) is 6.26 Å². The number of carbonyl (C=O) groups is 1. The maximum atomic E-state index is 12.8. The molecule has 1 fully saturated rings. The fraction of sp³-hybridized carbons (Fsp3) is 0.412. The number of carbonyl (C=O) groups excluding carboxylic acids is 1. The summed E-state index contributed by atoms with van der Waals surface area (Å²) in [4.78, 5) is 14.2. The Morgan fingerprint density at radius 1 is 1.15 bits per heavy atom. The summed E-state index contributed by atoms with van der Waals surface area (Å²) < 4.78 is 31.7. The average Bonchev–Trinajstić information content (AvgIpc) is 3.10. The van der Waals surface area contributed by atoms with E-state index in [2.05, 4.69) is 15.0 Å². The predicted octanol–water partition coefficient (Wildman–Crippen LogP) is 1.24. The molecule has 8 nitrogen and oxygen atoms in total. The van der Waals surface area contributed by atoms with E-state index in [0.29, 0.717) is 36.9 Å². The molecule has 1 N–H and O–H groups in total. The van der Waals surface area contributed by atoms with E-state index in [-0.39, 0.29) is 12.5 Å². The molecule has 0 unspecified atom stereocenters. The van der Waals surface area contributed by atoms with Crippen molar-refractivity contribution < 1.29 is 17.7 Å². The number of aryl methyl sites for hydroxylation is 2. The molecule has 0 radical (unpaired) electrons. The molecule has 140 valence electrons. The summed E-state index contributed by atoms with van der Waals surface area (Å²) in [6.45, 7) is 5.74. The fourth-order valence-electron chi connectivity index (χ4n) is 2.81. The van der Waals surface area contributed by atoms with Crippen LogP contribution in [0, 0.1) is 13.8 Å². The Balaban J connectivity index is 1.57. The summed E-state index contributed by atoms with van der Waals surface area (Å²) in [5.74, 6) is 0.162. The number of amides is 1. The topological polar surface area (TPSA) is 95.8 Å². The van der Waals surface area contributed by atoms with Gasteiger partial charge in [0.15, 0.2) is 5.82 Å². The third-order valence-corrected chi connectivity index (χ3v) is 6.41. The van der Waals surface area contributed by atoms with Crippen molar-refractivity contribution in [1.29, 1.82) is 0 Å². The highest BCUT2D eigenvalue weighted by Gasteiger charge is 2.29. The van der Waals surface area contributed by atoms with Gasteiger partial charge in [0.2, 0.25) is 15.9 Å². The molecular weight excluding hydrogens is 356 g/mol. The van der Waals surface area contributed by atoms with E-state index in [0.717, 1.165) is 11.1 Å². The minimum atomic E-state index is -3.51. The SMILES string of the molecule is Cc1ccc(S(=O)(=O)N2CCN(CC(=O)Nc3ccon3)CC2)cc1C. The lowest BCUT2D eigenvalue weighted by Gasteiger charge is -2.33. The lowest BCUT2D eigenvalue weighted by Crippen LogP contribution is -2.50. The van der Waals surface area contributed by atoms with Crippen molar-refractivity contribution in [3.8, 4) is 0 Å². The summed E-state index contributed by atoms with van der Waals surface area (Å²) in [5.41, 5.74) is 2.01. The minimum Gasteiger partial charge on any atom is -0.363 e. The Kier molecular flexibility index (Phi) is 5.40. The van der Waals surface area contributed by atoms with Gasteiger partial charge in [-0.2, -0.15) is 4.31 Å². The van der Waals surface area contributed by atoms with Gasteiger partial charge in [-0.15, -0.1) is 0 Å². The molecule has 1 aliphatic rings. The highest BCUT2D eigenvalue weighted by atomic mass is 32.2. The van der Waals surface area contributed by atoms with Crippen LogP contribution in [-0.4, -0.2) is 61.4 Å². The summed E-state index contributed by atoms with van der Waals surface area (Å²) in [5, 5.41) is 6.26. The van der Waals surface area contributed by atoms with Gasteiger partial charge in [-0.1, -0.05) is 11.2 Å². The Hall–Kier alpha value is -2.23. The first-order valence-corrected chi connectivity index (χ1v) is 9.80. The first-order chi connectivity index (χ1) is 12.4. The zero-order valence-corrected chi connectivity index (χ0v) is 15.6. The maximum Gasteiger partial charge on any atom is 0.243 e. The third kappa shape index (κ3) is 4.12. The van der Waals surface area contributed by atoms with E-state index in [1.807, 2.05) is 24.8 Å². The van der Waals surface area contributed by atoms with E-state index in [9.17, 15) is 13.2 Å². The van der Waals surface area contributed by atoms with Crippen LogP contribution in [0.25, 0.3) is 0 Å². The number of aromatic nitrogens is 1. The molecular formula is C17H22N4O4S. The van der Waals surface area contributed by atoms with Gasteiger partial charge < -0.3 is 9.84 Å². The zero-order chi connectivity index (χ0) is 18.7. The van der Waals surface area contributed by atoms with Crippen LogP contribution in [0.2, 0.25) is 0 Å². The van der Waals surface area contributed by atoms with E-state index in [4.69, 9.17) is 0 Å². The number of piperazine rings is 1. The van der Waals surface area contributed by atoms with Crippen molar-refractivity contribution >= 4 is 21.7 Å². The van der Waals surface area contributed by atoms with Crippen molar-refractivity contribution in [2.24, 2.45) is 0 Å². The molecule has 2 aromatic rings. The summed E-state index contributed by atoms with van der Waals surface area (Å²) in [6.07, 6.45) is 1.38. The fourth-order valence-corrected chi connectivity index (χ4v) is 4.32. The van der Waals surface area contributed by atoms with Gasteiger partial charge in [0, 0.05) is 32.2 Å². The van der Waals surface area contributed by atoms with Crippen LogP contribution in [0.5, 0.6) is 0 Å². The van der Waals surface area contributed by atoms with Gasteiger partial charge >= 0.3 is 0 Å². The average molecular weight is 378 g/mol. The Morgan fingerprint density at radius 2 is 1.88 bits per heavy atom. The lowest BCUT2D eigenvalue weighted by molar-refractivity contribution is -0.117. The molecule has 1 aliphatic heterocycles. The molecule has 0 spiro atoms. The van der Waals surface area contributed by atoms with E-state index in [1.165, 1.54) is 10.6 Å². The van der Waals surface area contributed by atoms with Crippen LogP contribution in [0.4, 0.5) is 5.82 Å². The van der Waals surface area contributed by atoms with Crippen molar-refractivity contribution in [3.63, 3.8) is 0 Å². The molecule has 0 aliphatic carbocycles. The number of rotatable bonds is 5. The molecule has 0 bridgehead atoms. The summed E-state index contributed by atoms with van der Waals surface area (Å²) >= 11 is 0. The predicted molar refractivity (Wildman–Crippen MR) is 96.2 cm³/mol. The first-order valence-electron chi connectivity index (χ1n) is 8.36. The monoisotopic (exact) mass is 378 g/mol. The van der Waals surface area contributed by atoms with Crippen molar-refractivity contribution in [2.75, 3.05) is 38.0 Å². The number of nitrogens with zero attached hydrogens (tertiary/aromatic N) is 3. The molecule has 1 saturated heterocycles. The van der Waals surface area contributed by atoms with Crippen molar-refractivity contribution in [2.45, 2.75) is 18.7 Å². The smallest absolute Gasteiger partial charge is 0.243 e. The molecule has 1 aromatic heterocycles. The Labute approximate surface area is 152 Å². The number of hydrogen-bond acceptors (Lipinski definition) is 6. The third-order valence-electron chi connectivity index (χ3n) is 4.52. The Morgan fingerprint density at radius 3 is 2.50 bits per heavy atom. The number of anilines is 1. The standard InChI is InChI=1S/C17H22N4O4S/c1-13-3-4-15(11-14(13)2)26(23,24)21-8-6-20(7-9-21)12-17(22)18-16-5-10-25-19-16/h3-5,10-11H,6-9,12H2,1-2H3,(H,18,19,22).